The van der Waals surface area contributed by atoms with E-state index >= 15 is 0 Å². The summed E-state index contributed by atoms with van der Waals surface area (Å²) in [6.45, 7) is 6.53. The molecule has 2 aromatic heterocycles. The van der Waals surface area contributed by atoms with E-state index in [2.05, 4.69) is 52.4 Å². The predicted octanol–water partition coefficient (Wildman–Crippen LogP) is 5.54. The Balaban J connectivity index is 1.31. The van der Waals surface area contributed by atoms with Gasteiger partial charge in [-0.05, 0) is 48.9 Å². The lowest BCUT2D eigenvalue weighted by atomic mass is 9.97. The molecule has 2 unspecified atom stereocenters. The molecular formula is C30H32FN5O. The molecule has 4 aromatic rings. The van der Waals surface area contributed by atoms with Gasteiger partial charge in [0.1, 0.15) is 5.82 Å². The van der Waals surface area contributed by atoms with Crippen LogP contribution in [0.2, 0.25) is 0 Å². The molecule has 0 saturated carbocycles. The second kappa shape index (κ2) is 9.71. The summed E-state index contributed by atoms with van der Waals surface area (Å²) >= 11 is 0. The molecule has 3 aliphatic heterocycles. The molecule has 0 N–H and O–H groups in total. The van der Waals surface area contributed by atoms with Gasteiger partial charge in [0.2, 0.25) is 5.78 Å². The van der Waals surface area contributed by atoms with Crippen LogP contribution in [0.5, 0.6) is 0 Å². The SMILES string of the molecule is CC(C)c1ccc(-c2nc3ncccn3c2CN2CC3CCC2CCN3C(=O)c2ccccc2F)cc1. The van der Waals surface area contributed by atoms with E-state index in [9.17, 15) is 9.18 Å². The zero-order chi connectivity index (χ0) is 25.5. The molecule has 0 aliphatic carbocycles. The van der Waals surface area contributed by atoms with Crippen LogP contribution in [-0.4, -0.2) is 55.2 Å². The number of fused-ring (bicyclic) bond motifs is 5. The number of amides is 1. The monoisotopic (exact) mass is 497 g/mol. The normalized spacial score (nSPS) is 20.1. The van der Waals surface area contributed by atoms with Crippen molar-refractivity contribution >= 4 is 11.7 Å². The molecule has 6 nitrogen and oxygen atoms in total. The van der Waals surface area contributed by atoms with Gasteiger partial charge in [0, 0.05) is 49.7 Å². The van der Waals surface area contributed by atoms with E-state index in [1.807, 2.05) is 17.2 Å². The van der Waals surface area contributed by atoms with Crippen LogP contribution in [0.3, 0.4) is 0 Å². The fourth-order valence-electron chi connectivity index (χ4n) is 5.92. The number of rotatable bonds is 5. The standard InChI is InChI=1S/C30H32FN5O/c1-20(2)21-8-10-22(11-9-21)28-27(36-16-5-15-32-30(36)33-28)19-34-18-24-13-12-23(34)14-17-35(24)29(37)25-6-3-4-7-26(25)31/h3-11,15-16,20,23-24H,12-14,17-19H2,1-2H3. The highest BCUT2D eigenvalue weighted by Crippen LogP contribution is 2.33. The summed E-state index contributed by atoms with van der Waals surface area (Å²) in [7, 11) is 0. The van der Waals surface area contributed by atoms with E-state index < -0.39 is 5.82 Å². The van der Waals surface area contributed by atoms with Crippen molar-refractivity contribution in [2.24, 2.45) is 0 Å². The topological polar surface area (TPSA) is 53.7 Å². The van der Waals surface area contributed by atoms with Crippen LogP contribution in [0.25, 0.3) is 17.0 Å². The molecule has 190 valence electrons. The number of hydrogen-bond acceptors (Lipinski definition) is 4. The summed E-state index contributed by atoms with van der Waals surface area (Å²) in [6.07, 6.45) is 6.65. The third-order valence-electron chi connectivity index (χ3n) is 8.01. The highest BCUT2D eigenvalue weighted by atomic mass is 19.1. The van der Waals surface area contributed by atoms with Gasteiger partial charge in [-0.15, -0.1) is 0 Å². The Bertz CT molecular complexity index is 1430. The molecule has 2 atom stereocenters. The molecule has 0 radical (unpaired) electrons. The average Bonchev–Trinajstić information content (AvgIpc) is 3.04. The van der Waals surface area contributed by atoms with Crippen molar-refractivity contribution in [2.75, 3.05) is 13.1 Å². The Morgan fingerprint density at radius 3 is 2.59 bits per heavy atom. The highest BCUT2D eigenvalue weighted by molar-refractivity contribution is 5.94. The molecule has 5 heterocycles. The van der Waals surface area contributed by atoms with Gasteiger partial charge in [-0.2, -0.15) is 0 Å². The van der Waals surface area contributed by atoms with Crippen molar-refractivity contribution < 1.29 is 9.18 Å². The number of nitrogens with zero attached hydrogens (tertiary/aromatic N) is 5. The molecular weight excluding hydrogens is 465 g/mol. The zero-order valence-corrected chi connectivity index (χ0v) is 21.3. The molecule has 2 bridgehead atoms. The van der Waals surface area contributed by atoms with Gasteiger partial charge in [0.15, 0.2) is 0 Å². The summed E-state index contributed by atoms with van der Waals surface area (Å²) < 4.78 is 16.5. The van der Waals surface area contributed by atoms with Crippen molar-refractivity contribution in [2.45, 2.75) is 57.7 Å². The predicted molar refractivity (Wildman–Crippen MR) is 142 cm³/mol. The Morgan fingerprint density at radius 2 is 1.81 bits per heavy atom. The summed E-state index contributed by atoms with van der Waals surface area (Å²) in [5.74, 6) is 0.515. The Labute approximate surface area is 216 Å². The largest absolute Gasteiger partial charge is 0.334 e. The maximum Gasteiger partial charge on any atom is 0.257 e. The number of benzene rings is 2. The lowest BCUT2D eigenvalue weighted by Crippen LogP contribution is -2.48. The molecule has 3 saturated heterocycles. The van der Waals surface area contributed by atoms with E-state index in [1.165, 1.54) is 11.6 Å². The average molecular weight is 498 g/mol. The van der Waals surface area contributed by atoms with E-state index in [-0.39, 0.29) is 17.5 Å². The van der Waals surface area contributed by atoms with Gasteiger partial charge in [0.25, 0.3) is 5.91 Å². The van der Waals surface area contributed by atoms with Crippen LogP contribution < -0.4 is 0 Å². The smallest absolute Gasteiger partial charge is 0.257 e. The first-order valence-electron chi connectivity index (χ1n) is 13.2. The number of carbonyl (C=O) groups excluding carboxylic acids is 1. The molecule has 3 fully saturated rings. The lowest BCUT2D eigenvalue weighted by molar-refractivity contribution is 0.0599. The van der Waals surface area contributed by atoms with Gasteiger partial charge in [0.05, 0.1) is 17.0 Å². The fourth-order valence-corrected chi connectivity index (χ4v) is 5.92. The zero-order valence-electron chi connectivity index (χ0n) is 21.3. The van der Waals surface area contributed by atoms with Gasteiger partial charge in [-0.3, -0.25) is 14.1 Å². The molecule has 3 aliphatic rings. The first-order chi connectivity index (χ1) is 18.0. The van der Waals surface area contributed by atoms with Crippen LogP contribution in [-0.2, 0) is 6.54 Å². The summed E-state index contributed by atoms with van der Waals surface area (Å²) in [5.41, 5.74) is 4.62. The van der Waals surface area contributed by atoms with Crippen molar-refractivity contribution in [3.8, 4) is 11.3 Å². The van der Waals surface area contributed by atoms with Gasteiger partial charge < -0.3 is 4.90 Å². The van der Waals surface area contributed by atoms with Crippen LogP contribution in [0.15, 0.2) is 67.0 Å². The summed E-state index contributed by atoms with van der Waals surface area (Å²) in [4.78, 5) is 27.1. The van der Waals surface area contributed by atoms with Crippen molar-refractivity contribution in [3.05, 3.63) is 89.6 Å². The molecule has 7 rings (SSSR count). The third-order valence-corrected chi connectivity index (χ3v) is 8.01. The molecule has 2 aromatic carbocycles. The quantitative estimate of drug-likeness (QED) is 0.363. The lowest BCUT2D eigenvalue weighted by Gasteiger charge is -2.38. The van der Waals surface area contributed by atoms with E-state index in [1.54, 1.807) is 24.4 Å². The Hall–Kier alpha value is -3.58. The minimum atomic E-state index is -0.450. The van der Waals surface area contributed by atoms with E-state index in [0.717, 1.165) is 49.3 Å². The van der Waals surface area contributed by atoms with Gasteiger partial charge in [-0.25, -0.2) is 14.4 Å². The number of aromatic nitrogens is 3. The van der Waals surface area contributed by atoms with E-state index in [4.69, 9.17) is 4.98 Å². The van der Waals surface area contributed by atoms with Gasteiger partial charge >= 0.3 is 0 Å². The second-order valence-corrected chi connectivity index (χ2v) is 10.6. The molecule has 7 heteroatoms. The van der Waals surface area contributed by atoms with Crippen LogP contribution >= 0.6 is 0 Å². The van der Waals surface area contributed by atoms with Crippen molar-refractivity contribution in [1.29, 1.82) is 0 Å². The first-order valence-corrected chi connectivity index (χ1v) is 13.2. The van der Waals surface area contributed by atoms with E-state index in [0.29, 0.717) is 24.3 Å². The number of hydrogen-bond donors (Lipinski definition) is 0. The number of carbonyl (C=O) groups is 1. The Kier molecular flexibility index (Phi) is 6.24. The highest BCUT2D eigenvalue weighted by Gasteiger charge is 2.39. The maximum absolute atomic E-state index is 14.4. The van der Waals surface area contributed by atoms with Crippen LogP contribution in [0.4, 0.5) is 4.39 Å². The first kappa shape index (κ1) is 23.8. The Morgan fingerprint density at radius 1 is 1.03 bits per heavy atom. The van der Waals surface area contributed by atoms with Crippen LogP contribution in [0, 0.1) is 5.82 Å². The fraction of sp³-hybridized carbons (Fsp3) is 0.367. The second-order valence-electron chi connectivity index (χ2n) is 10.6. The summed E-state index contributed by atoms with van der Waals surface area (Å²) in [5, 5.41) is 0. The minimum Gasteiger partial charge on any atom is -0.334 e. The maximum atomic E-state index is 14.4. The summed E-state index contributed by atoms with van der Waals surface area (Å²) in [6, 6.07) is 17.4. The number of imidazole rings is 1. The third kappa shape index (κ3) is 4.42. The number of piperidine rings is 1. The molecule has 37 heavy (non-hydrogen) atoms. The van der Waals surface area contributed by atoms with Gasteiger partial charge in [-0.1, -0.05) is 50.2 Å². The number of halogens is 1. The van der Waals surface area contributed by atoms with Crippen LogP contribution in [0.1, 0.15) is 60.6 Å². The molecule has 1 amide bonds. The van der Waals surface area contributed by atoms with Crippen molar-refractivity contribution in [3.63, 3.8) is 0 Å². The van der Waals surface area contributed by atoms with Crippen molar-refractivity contribution in [1.82, 2.24) is 24.2 Å². The minimum absolute atomic E-state index is 0.0666. The molecule has 0 spiro atoms.